The van der Waals surface area contributed by atoms with Crippen LogP contribution in [0.15, 0.2) is 29.1 Å². The molecule has 24 heavy (non-hydrogen) atoms. The van der Waals surface area contributed by atoms with Crippen LogP contribution < -0.4 is 5.56 Å². The Morgan fingerprint density at radius 1 is 1.33 bits per heavy atom. The fraction of sp³-hybridized carbons (Fsp3) is 0.526. The number of para-hydroxylation sites is 1. The van der Waals surface area contributed by atoms with E-state index in [0.29, 0.717) is 22.9 Å². The smallest absolute Gasteiger partial charge is 0.255 e. The lowest BCUT2D eigenvalue weighted by atomic mass is 9.75. The molecule has 130 valence electrons. The number of hydrogen-bond acceptors (Lipinski definition) is 4. The molecule has 0 spiro atoms. The number of benzene rings is 1. The van der Waals surface area contributed by atoms with Gasteiger partial charge < -0.3 is 19.9 Å². The molecule has 3 rings (SSSR count). The fourth-order valence-corrected chi connectivity index (χ4v) is 3.87. The molecule has 1 aliphatic rings. The molecule has 5 nitrogen and oxygen atoms in total. The Bertz CT molecular complexity index is 811. The number of hydrogen-bond donors (Lipinski definition) is 3. The summed E-state index contributed by atoms with van der Waals surface area (Å²) in [5.41, 5.74) is 0.0874. The van der Waals surface area contributed by atoms with Crippen molar-refractivity contribution in [3.05, 3.63) is 40.2 Å². The fourth-order valence-electron chi connectivity index (χ4n) is 3.87. The van der Waals surface area contributed by atoms with Gasteiger partial charge in [0.1, 0.15) is 5.75 Å². The summed E-state index contributed by atoms with van der Waals surface area (Å²) in [6.45, 7) is 7.61. The first-order valence-electron chi connectivity index (χ1n) is 8.42. The van der Waals surface area contributed by atoms with Crippen molar-refractivity contribution in [1.29, 1.82) is 0 Å². The molecule has 2 aromatic rings. The summed E-state index contributed by atoms with van der Waals surface area (Å²) in [5, 5.41) is 21.6. The van der Waals surface area contributed by atoms with Gasteiger partial charge in [0.05, 0.1) is 28.9 Å². The Labute approximate surface area is 141 Å². The molecule has 4 atom stereocenters. The van der Waals surface area contributed by atoms with Crippen LogP contribution in [0.2, 0.25) is 0 Å². The maximum absolute atomic E-state index is 12.5. The highest BCUT2D eigenvalue weighted by atomic mass is 16.5. The van der Waals surface area contributed by atoms with Crippen LogP contribution in [0.25, 0.3) is 10.9 Å². The van der Waals surface area contributed by atoms with Crippen LogP contribution in [0.3, 0.4) is 0 Å². The first kappa shape index (κ1) is 17.0. The molecule has 4 unspecified atom stereocenters. The van der Waals surface area contributed by atoms with E-state index in [0.717, 1.165) is 0 Å². The number of pyridine rings is 1. The number of fused-ring (bicyclic) bond motifs is 1. The maximum Gasteiger partial charge on any atom is 0.255 e. The van der Waals surface area contributed by atoms with Gasteiger partial charge in [-0.05, 0) is 51.2 Å². The quantitative estimate of drug-likeness (QED) is 0.790. The standard InChI is InChI=1S/C19H25NO4/c1-10(13-9-15(21)19(3,4)24-11(13)2)16-17(22)12-7-5-6-8-14(12)20-18(16)23/h5-8,10-11,13,15,21H,9H2,1-4H3,(H2,20,22,23). The molecule has 0 radical (unpaired) electrons. The average molecular weight is 331 g/mol. The second kappa shape index (κ2) is 5.90. The van der Waals surface area contributed by atoms with Crippen molar-refractivity contribution >= 4 is 10.9 Å². The Balaban J connectivity index is 2.03. The molecule has 2 heterocycles. The van der Waals surface area contributed by atoms with Crippen LogP contribution in [-0.2, 0) is 4.74 Å². The normalized spacial score (nSPS) is 28.0. The highest BCUT2D eigenvalue weighted by Crippen LogP contribution is 2.42. The summed E-state index contributed by atoms with van der Waals surface area (Å²) in [6, 6.07) is 7.20. The van der Waals surface area contributed by atoms with Gasteiger partial charge in [0.15, 0.2) is 0 Å². The van der Waals surface area contributed by atoms with E-state index in [-0.39, 0.29) is 29.2 Å². The number of aromatic nitrogens is 1. The van der Waals surface area contributed by atoms with Gasteiger partial charge in [-0.1, -0.05) is 19.1 Å². The zero-order chi connectivity index (χ0) is 17.6. The van der Waals surface area contributed by atoms with Crippen molar-refractivity contribution in [1.82, 2.24) is 4.98 Å². The third kappa shape index (κ3) is 2.72. The lowest BCUT2D eigenvalue weighted by Crippen LogP contribution is -2.51. The van der Waals surface area contributed by atoms with E-state index >= 15 is 0 Å². The van der Waals surface area contributed by atoms with Gasteiger partial charge in [0, 0.05) is 5.39 Å². The Hall–Kier alpha value is -1.85. The molecule has 0 aliphatic carbocycles. The number of rotatable bonds is 2. The van der Waals surface area contributed by atoms with E-state index in [4.69, 9.17) is 4.74 Å². The number of aliphatic hydroxyl groups is 1. The zero-order valence-electron chi connectivity index (χ0n) is 14.5. The first-order valence-corrected chi connectivity index (χ1v) is 8.42. The van der Waals surface area contributed by atoms with E-state index < -0.39 is 11.7 Å². The van der Waals surface area contributed by atoms with Crippen LogP contribution in [0.4, 0.5) is 0 Å². The minimum atomic E-state index is -0.608. The second-order valence-electron chi connectivity index (χ2n) is 7.39. The van der Waals surface area contributed by atoms with Crippen molar-refractivity contribution in [3.63, 3.8) is 0 Å². The maximum atomic E-state index is 12.5. The molecule has 0 amide bonds. The summed E-state index contributed by atoms with van der Waals surface area (Å²) >= 11 is 0. The van der Waals surface area contributed by atoms with Gasteiger partial charge in [-0.15, -0.1) is 0 Å². The second-order valence-corrected chi connectivity index (χ2v) is 7.39. The van der Waals surface area contributed by atoms with Crippen LogP contribution >= 0.6 is 0 Å². The van der Waals surface area contributed by atoms with Gasteiger partial charge in [0.2, 0.25) is 0 Å². The van der Waals surface area contributed by atoms with Crippen LogP contribution in [0.5, 0.6) is 5.75 Å². The van der Waals surface area contributed by atoms with Gasteiger partial charge in [-0.2, -0.15) is 0 Å². The average Bonchev–Trinajstić information content (AvgIpc) is 2.50. The molecule has 1 aliphatic heterocycles. The third-order valence-corrected chi connectivity index (χ3v) is 5.42. The Kier molecular flexibility index (Phi) is 4.18. The van der Waals surface area contributed by atoms with Crippen molar-refractivity contribution in [2.45, 2.75) is 57.8 Å². The summed E-state index contributed by atoms with van der Waals surface area (Å²) in [7, 11) is 0. The van der Waals surface area contributed by atoms with Crippen molar-refractivity contribution < 1.29 is 14.9 Å². The molecule has 1 fully saturated rings. The molecular formula is C19H25NO4. The van der Waals surface area contributed by atoms with E-state index in [1.807, 2.05) is 39.8 Å². The van der Waals surface area contributed by atoms with Crippen molar-refractivity contribution in [2.24, 2.45) is 5.92 Å². The minimum absolute atomic E-state index is 0.0216. The molecular weight excluding hydrogens is 306 g/mol. The summed E-state index contributed by atoms with van der Waals surface area (Å²) in [4.78, 5) is 15.4. The lowest BCUT2D eigenvalue weighted by Gasteiger charge is -2.45. The minimum Gasteiger partial charge on any atom is -0.507 e. The molecule has 3 N–H and O–H groups in total. The summed E-state index contributed by atoms with van der Waals surface area (Å²) in [5.74, 6) is -0.270. The Morgan fingerprint density at radius 3 is 2.71 bits per heavy atom. The highest BCUT2D eigenvalue weighted by molar-refractivity contribution is 5.85. The largest absolute Gasteiger partial charge is 0.507 e. The lowest BCUT2D eigenvalue weighted by molar-refractivity contribution is -0.190. The van der Waals surface area contributed by atoms with Crippen LogP contribution in [0.1, 0.15) is 45.6 Å². The molecule has 1 aromatic heterocycles. The van der Waals surface area contributed by atoms with Crippen LogP contribution in [0, 0.1) is 5.92 Å². The van der Waals surface area contributed by atoms with E-state index in [1.54, 1.807) is 12.1 Å². The predicted octanol–water partition coefficient (Wildman–Crippen LogP) is 2.90. The Morgan fingerprint density at radius 2 is 2.00 bits per heavy atom. The summed E-state index contributed by atoms with van der Waals surface area (Å²) in [6.07, 6.45) is -0.201. The number of aromatic amines is 1. The van der Waals surface area contributed by atoms with E-state index in [2.05, 4.69) is 4.98 Å². The SMILES string of the molecule is CC1OC(C)(C)C(O)CC1C(C)c1c(O)c2ccccc2[nH]c1=O. The van der Waals surface area contributed by atoms with Crippen LogP contribution in [-0.4, -0.2) is 33.0 Å². The topological polar surface area (TPSA) is 82.5 Å². The van der Waals surface area contributed by atoms with Crippen molar-refractivity contribution in [3.8, 4) is 5.75 Å². The first-order chi connectivity index (χ1) is 11.2. The number of aromatic hydroxyl groups is 1. The molecule has 1 saturated heterocycles. The number of aliphatic hydroxyl groups excluding tert-OH is 1. The van der Waals surface area contributed by atoms with E-state index in [1.165, 1.54) is 0 Å². The van der Waals surface area contributed by atoms with Gasteiger partial charge in [0.25, 0.3) is 5.56 Å². The van der Waals surface area contributed by atoms with Gasteiger partial charge in [-0.3, -0.25) is 4.79 Å². The van der Waals surface area contributed by atoms with E-state index in [9.17, 15) is 15.0 Å². The number of H-pyrrole nitrogens is 1. The van der Waals surface area contributed by atoms with Gasteiger partial charge >= 0.3 is 0 Å². The number of ether oxygens (including phenoxy) is 1. The monoisotopic (exact) mass is 331 g/mol. The molecule has 1 aromatic carbocycles. The zero-order valence-corrected chi connectivity index (χ0v) is 14.5. The van der Waals surface area contributed by atoms with Crippen molar-refractivity contribution in [2.75, 3.05) is 0 Å². The third-order valence-electron chi connectivity index (χ3n) is 5.42. The van der Waals surface area contributed by atoms with Gasteiger partial charge in [-0.25, -0.2) is 0 Å². The molecule has 0 saturated carbocycles. The summed E-state index contributed by atoms with van der Waals surface area (Å²) < 4.78 is 5.96. The number of nitrogens with one attached hydrogen (secondary N) is 1. The highest BCUT2D eigenvalue weighted by Gasteiger charge is 2.43. The molecule has 0 bridgehead atoms. The molecule has 5 heteroatoms. The predicted molar refractivity (Wildman–Crippen MR) is 93.4 cm³/mol.